The summed E-state index contributed by atoms with van der Waals surface area (Å²) in [5.74, 6) is -0.116. The lowest BCUT2D eigenvalue weighted by Crippen LogP contribution is -2.29. The number of ether oxygens (including phenoxy) is 1. The van der Waals surface area contributed by atoms with Crippen molar-refractivity contribution in [1.82, 2.24) is 19.5 Å². The van der Waals surface area contributed by atoms with Gasteiger partial charge in [-0.15, -0.1) is 0 Å². The summed E-state index contributed by atoms with van der Waals surface area (Å²) in [4.78, 5) is 27.0. The fourth-order valence-corrected chi connectivity index (χ4v) is 5.80. The smallest absolute Gasteiger partial charge is 0.418 e. The number of hydrogen-bond donors (Lipinski definition) is 0. The summed E-state index contributed by atoms with van der Waals surface area (Å²) in [7, 11) is 0. The van der Waals surface area contributed by atoms with Crippen molar-refractivity contribution in [3.63, 3.8) is 0 Å². The summed E-state index contributed by atoms with van der Waals surface area (Å²) >= 11 is 0. The van der Waals surface area contributed by atoms with Gasteiger partial charge in [-0.3, -0.25) is 19.3 Å². The van der Waals surface area contributed by atoms with Crippen molar-refractivity contribution < 1.29 is 22.3 Å². The Labute approximate surface area is 234 Å². The van der Waals surface area contributed by atoms with E-state index in [1.165, 1.54) is 29.1 Å². The summed E-state index contributed by atoms with van der Waals surface area (Å²) in [6.45, 7) is 7.41. The normalized spacial score (nSPS) is 17.5. The van der Waals surface area contributed by atoms with Crippen LogP contribution < -0.4 is 5.56 Å². The van der Waals surface area contributed by atoms with Gasteiger partial charge in [0.05, 0.1) is 30.6 Å². The predicted molar refractivity (Wildman–Crippen MR) is 148 cm³/mol. The summed E-state index contributed by atoms with van der Waals surface area (Å²) in [6.07, 6.45) is 0.707. The maximum atomic E-state index is 14.6. The average Bonchev–Trinajstić information content (AvgIpc) is 2.94. The van der Waals surface area contributed by atoms with E-state index in [0.29, 0.717) is 48.9 Å². The molecule has 6 nitrogen and oxygen atoms in total. The van der Waals surface area contributed by atoms with Crippen LogP contribution in [0.3, 0.4) is 0 Å². The lowest BCUT2D eigenvalue weighted by Gasteiger charge is -2.30. The Balaban J connectivity index is 1.57. The molecule has 214 valence electrons. The number of benzene rings is 1. The van der Waals surface area contributed by atoms with Gasteiger partial charge in [0.15, 0.2) is 5.65 Å². The number of fused-ring (bicyclic) bond motifs is 1. The van der Waals surface area contributed by atoms with Gasteiger partial charge in [-0.05, 0) is 86.8 Å². The lowest BCUT2D eigenvalue weighted by atomic mass is 9.75. The molecule has 41 heavy (non-hydrogen) atoms. The van der Waals surface area contributed by atoms with Crippen molar-refractivity contribution in [3.8, 4) is 0 Å². The van der Waals surface area contributed by atoms with Crippen LogP contribution in [0.25, 0.3) is 16.9 Å². The molecule has 4 aromatic rings. The maximum Gasteiger partial charge on any atom is 0.418 e. The van der Waals surface area contributed by atoms with Gasteiger partial charge in [0.25, 0.3) is 5.56 Å². The quantitative estimate of drug-likeness (QED) is 0.176. The lowest BCUT2D eigenvalue weighted by molar-refractivity contribution is -0.138. The van der Waals surface area contributed by atoms with Crippen LogP contribution in [0.5, 0.6) is 0 Å². The van der Waals surface area contributed by atoms with Crippen LogP contribution >= 0.6 is 0 Å². The number of rotatable bonds is 7. The summed E-state index contributed by atoms with van der Waals surface area (Å²) in [5, 5.41) is 0. The van der Waals surface area contributed by atoms with E-state index in [1.807, 2.05) is 13.0 Å². The zero-order valence-electron chi connectivity index (χ0n) is 22.8. The molecule has 1 aliphatic carbocycles. The largest absolute Gasteiger partial charge is 0.492 e. The van der Waals surface area contributed by atoms with Crippen molar-refractivity contribution >= 4 is 16.9 Å². The first kappa shape index (κ1) is 28.4. The van der Waals surface area contributed by atoms with Gasteiger partial charge in [0, 0.05) is 11.8 Å². The number of aromatic nitrogens is 4. The molecule has 10 heteroatoms. The van der Waals surface area contributed by atoms with Gasteiger partial charge >= 0.3 is 6.18 Å². The van der Waals surface area contributed by atoms with Gasteiger partial charge in [0.1, 0.15) is 22.8 Å². The molecule has 0 bridgehead atoms. The first-order valence-electron chi connectivity index (χ1n) is 13.6. The van der Waals surface area contributed by atoms with Crippen molar-refractivity contribution in [3.05, 3.63) is 105 Å². The summed E-state index contributed by atoms with van der Waals surface area (Å²) < 4.78 is 62.7. The molecule has 3 aromatic heterocycles. The molecule has 1 aromatic carbocycles. The fraction of sp³-hybridized carbons (Fsp3) is 0.355. The molecule has 0 saturated heterocycles. The monoisotopic (exact) mass is 566 g/mol. The van der Waals surface area contributed by atoms with Crippen molar-refractivity contribution in [2.24, 2.45) is 0 Å². The highest BCUT2D eigenvalue weighted by Crippen LogP contribution is 2.42. The number of aryl methyl sites for hydroxylation is 1. The maximum absolute atomic E-state index is 14.6. The van der Waals surface area contributed by atoms with Gasteiger partial charge in [-0.1, -0.05) is 18.7 Å². The van der Waals surface area contributed by atoms with E-state index >= 15 is 0 Å². The Hall–Kier alpha value is -4.08. The molecule has 1 aliphatic rings. The van der Waals surface area contributed by atoms with E-state index in [0.717, 1.165) is 11.6 Å². The molecule has 0 spiro atoms. The zero-order valence-corrected chi connectivity index (χ0v) is 22.8. The average molecular weight is 567 g/mol. The van der Waals surface area contributed by atoms with Crippen LogP contribution in [0.4, 0.5) is 17.6 Å². The highest BCUT2D eigenvalue weighted by atomic mass is 19.4. The van der Waals surface area contributed by atoms with E-state index in [1.54, 1.807) is 19.1 Å². The van der Waals surface area contributed by atoms with Crippen molar-refractivity contribution in [2.45, 2.75) is 64.1 Å². The third-order valence-electron chi connectivity index (χ3n) is 7.78. The minimum absolute atomic E-state index is 0.0323. The Morgan fingerprint density at radius 2 is 1.83 bits per heavy atom. The van der Waals surface area contributed by atoms with Crippen molar-refractivity contribution in [1.29, 1.82) is 0 Å². The van der Waals surface area contributed by atoms with Gasteiger partial charge in [0.2, 0.25) is 0 Å². The molecule has 5 rings (SSSR count). The van der Waals surface area contributed by atoms with Crippen LogP contribution in [0.2, 0.25) is 0 Å². The molecular weight excluding hydrogens is 536 g/mol. The zero-order chi connectivity index (χ0) is 29.3. The summed E-state index contributed by atoms with van der Waals surface area (Å²) in [5.41, 5.74) is 1.16. The standard InChI is InChI=1S/C31H30F4N4O2/c1-4-41-19(3)26-16-37-25-15-22(20-10-12-21(13-11-20)28-18(2)7-5-9-24(28)32)30(40)39(29(25)38-26)17-27-23(31(33,34)35)8-6-14-36-27/h5-9,14-16,20-21H,3-4,10-13,17H2,1-2H3. The van der Waals surface area contributed by atoms with Gasteiger partial charge in [-0.2, -0.15) is 13.2 Å². The predicted octanol–water partition coefficient (Wildman–Crippen LogP) is 7.15. The minimum atomic E-state index is -4.65. The Morgan fingerprint density at radius 1 is 1.10 bits per heavy atom. The number of pyridine rings is 2. The van der Waals surface area contributed by atoms with Gasteiger partial charge in [-0.25, -0.2) is 9.37 Å². The topological polar surface area (TPSA) is 69.9 Å². The number of nitrogens with zero attached hydrogens (tertiary/aromatic N) is 4. The third-order valence-corrected chi connectivity index (χ3v) is 7.78. The molecule has 1 saturated carbocycles. The molecule has 1 fully saturated rings. The third kappa shape index (κ3) is 5.73. The van der Waals surface area contributed by atoms with Crippen molar-refractivity contribution in [2.75, 3.05) is 6.61 Å². The van der Waals surface area contributed by atoms with Crippen LogP contribution in [0.1, 0.15) is 78.1 Å². The second kappa shape index (κ2) is 11.4. The SMILES string of the molecule is C=C(OCC)c1cnc2cc(C3CCC(c4c(C)cccc4F)CC3)c(=O)n(Cc3ncccc3C(F)(F)F)c2n1. The highest BCUT2D eigenvalue weighted by molar-refractivity contribution is 5.73. The highest BCUT2D eigenvalue weighted by Gasteiger charge is 2.34. The Kier molecular flexibility index (Phi) is 7.93. The van der Waals surface area contributed by atoms with E-state index < -0.39 is 23.8 Å². The van der Waals surface area contributed by atoms with Crippen LogP contribution in [-0.2, 0) is 17.5 Å². The van der Waals surface area contributed by atoms with Crippen LogP contribution in [0, 0.1) is 12.7 Å². The molecule has 0 radical (unpaired) electrons. The van der Waals surface area contributed by atoms with Crippen LogP contribution in [-0.4, -0.2) is 26.1 Å². The van der Waals surface area contributed by atoms with E-state index in [4.69, 9.17) is 4.74 Å². The molecule has 0 N–H and O–H groups in total. The Bertz CT molecular complexity index is 1640. The molecule has 0 aliphatic heterocycles. The molecule has 0 unspecified atom stereocenters. The van der Waals surface area contributed by atoms with Gasteiger partial charge < -0.3 is 4.74 Å². The van der Waals surface area contributed by atoms with Crippen LogP contribution in [0.15, 0.2) is 60.2 Å². The Morgan fingerprint density at radius 3 is 2.51 bits per heavy atom. The number of alkyl halides is 3. The second-order valence-electron chi connectivity index (χ2n) is 10.3. The van der Waals surface area contributed by atoms with E-state index in [2.05, 4.69) is 21.5 Å². The second-order valence-corrected chi connectivity index (χ2v) is 10.3. The molecule has 0 amide bonds. The minimum Gasteiger partial charge on any atom is -0.492 e. The first-order valence-corrected chi connectivity index (χ1v) is 13.6. The fourth-order valence-electron chi connectivity index (χ4n) is 5.80. The number of hydrogen-bond acceptors (Lipinski definition) is 5. The molecule has 0 atom stereocenters. The van der Waals surface area contributed by atoms with E-state index in [-0.39, 0.29) is 40.4 Å². The first-order chi connectivity index (χ1) is 19.6. The molecule has 3 heterocycles. The number of halogens is 4. The molecular formula is C31H30F4N4O2. The van der Waals surface area contributed by atoms with E-state index in [9.17, 15) is 22.4 Å². The summed E-state index contributed by atoms with van der Waals surface area (Å²) in [6, 6.07) is 8.89.